The first-order chi connectivity index (χ1) is 9.09. The van der Waals surface area contributed by atoms with Crippen molar-refractivity contribution in [3.8, 4) is 5.75 Å². The van der Waals surface area contributed by atoms with Crippen molar-refractivity contribution < 1.29 is 14.6 Å². The van der Waals surface area contributed by atoms with Crippen molar-refractivity contribution in [3.63, 3.8) is 0 Å². The lowest BCUT2D eigenvalue weighted by Crippen LogP contribution is -2.32. The van der Waals surface area contributed by atoms with Crippen LogP contribution in [-0.2, 0) is 9.53 Å². The number of benzene rings is 1. The molecule has 2 atom stereocenters. The summed E-state index contributed by atoms with van der Waals surface area (Å²) < 4.78 is 5.49. The molecule has 1 heterocycles. The highest BCUT2D eigenvalue weighted by Gasteiger charge is 2.24. The molecule has 19 heavy (non-hydrogen) atoms. The predicted octanol–water partition coefficient (Wildman–Crippen LogP) is 2.48. The predicted molar refractivity (Wildman–Crippen MR) is 72.9 cm³/mol. The first kappa shape index (κ1) is 13.9. The minimum absolute atomic E-state index is 0.0580. The van der Waals surface area contributed by atoms with Gasteiger partial charge in [0.25, 0.3) is 0 Å². The zero-order valence-corrected chi connectivity index (χ0v) is 11.5. The van der Waals surface area contributed by atoms with E-state index < -0.39 is 0 Å². The molecule has 104 valence electrons. The number of para-hydroxylation sites is 1. The monoisotopic (exact) mass is 263 g/mol. The van der Waals surface area contributed by atoms with Crippen LogP contribution in [0.5, 0.6) is 5.75 Å². The van der Waals surface area contributed by atoms with Gasteiger partial charge in [-0.1, -0.05) is 18.2 Å². The van der Waals surface area contributed by atoms with Crippen LogP contribution in [0.1, 0.15) is 37.8 Å². The fraction of sp³-hybridized carbons (Fsp3) is 0.533. The van der Waals surface area contributed by atoms with Gasteiger partial charge in [-0.2, -0.15) is 0 Å². The summed E-state index contributed by atoms with van der Waals surface area (Å²) in [6, 6.07) is 6.99. The third kappa shape index (κ3) is 3.26. The van der Waals surface area contributed by atoms with Crippen LogP contribution < -0.4 is 0 Å². The summed E-state index contributed by atoms with van der Waals surface area (Å²) in [5.74, 6) is 0.286. The molecule has 4 heteroatoms. The molecule has 4 nitrogen and oxygen atoms in total. The van der Waals surface area contributed by atoms with E-state index in [9.17, 15) is 9.90 Å². The number of phenolic OH excluding ortho intramolecular Hbond substituents is 1. The van der Waals surface area contributed by atoms with Crippen molar-refractivity contribution in [1.82, 2.24) is 4.90 Å². The van der Waals surface area contributed by atoms with Crippen LogP contribution in [0.25, 0.3) is 0 Å². The van der Waals surface area contributed by atoms with E-state index in [-0.39, 0.29) is 23.8 Å². The quantitative estimate of drug-likeness (QED) is 0.908. The van der Waals surface area contributed by atoms with Crippen LogP contribution in [0.15, 0.2) is 24.3 Å². The number of phenols is 1. The Kier molecular flexibility index (Phi) is 4.43. The van der Waals surface area contributed by atoms with E-state index >= 15 is 0 Å². The van der Waals surface area contributed by atoms with Crippen LogP contribution in [-0.4, -0.2) is 35.7 Å². The zero-order valence-electron chi connectivity index (χ0n) is 11.5. The van der Waals surface area contributed by atoms with Crippen LogP contribution in [0.3, 0.4) is 0 Å². The van der Waals surface area contributed by atoms with Crippen LogP contribution >= 0.6 is 0 Å². The molecule has 0 bridgehead atoms. The normalized spacial score (nSPS) is 20.2. The van der Waals surface area contributed by atoms with E-state index in [1.54, 1.807) is 24.1 Å². The molecular weight excluding hydrogens is 242 g/mol. The molecule has 1 saturated heterocycles. The van der Waals surface area contributed by atoms with Crippen LogP contribution in [0.2, 0.25) is 0 Å². The molecule has 2 rings (SSSR count). The largest absolute Gasteiger partial charge is 0.508 e. The topological polar surface area (TPSA) is 49.8 Å². The van der Waals surface area contributed by atoms with E-state index in [0.717, 1.165) is 25.0 Å². The van der Waals surface area contributed by atoms with Gasteiger partial charge in [0.15, 0.2) is 0 Å². The molecule has 1 aliphatic rings. The van der Waals surface area contributed by atoms with Crippen molar-refractivity contribution in [3.05, 3.63) is 29.8 Å². The molecule has 1 aromatic carbocycles. The lowest BCUT2D eigenvalue weighted by molar-refractivity contribution is -0.134. The van der Waals surface area contributed by atoms with E-state index in [0.29, 0.717) is 6.42 Å². The average molecular weight is 263 g/mol. The standard InChI is InChI=1S/C15H21NO3/c1-11(13-7-3-4-8-14(13)17)16(2)15(18)10-12-6-5-9-19-12/h3-4,7-8,11-12,17H,5-6,9-10H2,1-2H3. The molecular formula is C15H21NO3. The summed E-state index contributed by atoms with van der Waals surface area (Å²) in [6.07, 6.45) is 2.49. The Morgan fingerprint density at radius 2 is 2.26 bits per heavy atom. The number of ether oxygens (including phenoxy) is 1. The van der Waals surface area contributed by atoms with Crippen LogP contribution in [0, 0.1) is 0 Å². The fourth-order valence-electron chi connectivity index (χ4n) is 2.41. The molecule has 0 saturated carbocycles. The van der Waals surface area contributed by atoms with Gasteiger partial charge in [0.2, 0.25) is 5.91 Å². The number of carbonyl (C=O) groups is 1. The Bertz CT molecular complexity index is 441. The van der Waals surface area contributed by atoms with E-state index in [1.807, 2.05) is 19.1 Å². The van der Waals surface area contributed by atoms with E-state index in [2.05, 4.69) is 0 Å². The van der Waals surface area contributed by atoms with Gasteiger partial charge in [-0.3, -0.25) is 4.79 Å². The Balaban J connectivity index is 2.00. The minimum Gasteiger partial charge on any atom is -0.508 e. The number of hydrogen-bond donors (Lipinski definition) is 1. The van der Waals surface area contributed by atoms with Crippen molar-refractivity contribution in [1.29, 1.82) is 0 Å². The third-order valence-corrected chi connectivity index (χ3v) is 3.79. The SMILES string of the molecule is CC(c1ccccc1O)N(C)C(=O)CC1CCCO1. The second kappa shape index (κ2) is 6.06. The lowest BCUT2D eigenvalue weighted by atomic mass is 10.1. The lowest BCUT2D eigenvalue weighted by Gasteiger charge is -2.26. The summed E-state index contributed by atoms with van der Waals surface area (Å²) in [6.45, 7) is 2.68. The fourth-order valence-corrected chi connectivity index (χ4v) is 2.41. The van der Waals surface area contributed by atoms with E-state index in [4.69, 9.17) is 4.74 Å². The second-order valence-corrected chi connectivity index (χ2v) is 5.08. The van der Waals surface area contributed by atoms with Crippen molar-refractivity contribution in [2.45, 2.75) is 38.3 Å². The summed E-state index contributed by atoms with van der Waals surface area (Å²) in [7, 11) is 1.77. The van der Waals surface area contributed by atoms with Gasteiger partial charge < -0.3 is 14.7 Å². The molecule has 1 N–H and O–H groups in total. The molecule has 0 radical (unpaired) electrons. The van der Waals surface area contributed by atoms with Crippen molar-refractivity contribution >= 4 is 5.91 Å². The highest BCUT2D eigenvalue weighted by molar-refractivity contribution is 5.77. The van der Waals surface area contributed by atoms with Gasteiger partial charge >= 0.3 is 0 Å². The smallest absolute Gasteiger partial charge is 0.225 e. The van der Waals surface area contributed by atoms with Gasteiger partial charge in [-0.05, 0) is 25.8 Å². The number of hydrogen-bond acceptors (Lipinski definition) is 3. The van der Waals surface area contributed by atoms with E-state index in [1.165, 1.54) is 0 Å². The molecule has 1 aliphatic heterocycles. The molecule has 1 aromatic rings. The molecule has 0 aromatic heterocycles. The molecule has 1 fully saturated rings. The number of carbonyl (C=O) groups excluding carboxylic acids is 1. The number of nitrogens with zero attached hydrogens (tertiary/aromatic N) is 1. The highest BCUT2D eigenvalue weighted by atomic mass is 16.5. The Morgan fingerprint density at radius 3 is 2.89 bits per heavy atom. The van der Waals surface area contributed by atoms with Gasteiger partial charge in [-0.25, -0.2) is 0 Å². The molecule has 2 unspecified atom stereocenters. The third-order valence-electron chi connectivity index (χ3n) is 3.79. The Hall–Kier alpha value is -1.55. The van der Waals surface area contributed by atoms with Gasteiger partial charge in [0, 0.05) is 19.2 Å². The van der Waals surface area contributed by atoms with Crippen molar-refractivity contribution in [2.75, 3.05) is 13.7 Å². The van der Waals surface area contributed by atoms with Crippen molar-refractivity contribution in [2.24, 2.45) is 0 Å². The maximum Gasteiger partial charge on any atom is 0.225 e. The maximum absolute atomic E-state index is 12.2. The first-order valence-corrected chi connectivity index (χ1v) is 6.74. The average Bonchev–Trinajstić information content (AvgIpc) is 2.90. The first-order valence-electron chi connectivity index (χ1n) is 6.74. The summed E-state index contributed by atoms with van der Waals surface area (Å²) in [4.78, 5) is 13.9. The Labute approximate surface area is 114 Å². The van der Waals surface area contributed by atoms with Gasteiger partial charge in [0.1, 0.15) is 5.75 Å². The Morgan fingerprint density at radius 1 is 1.53 bits per heavy atom. The van der Waals surface area contributed by atoms with Gasteiger partial charge in [0.05, 0.1) is 18.6 Å². The van der Waals surface area contributed by atoms with Crippen LogP contribution in [0.4, 0.5) is 0 Å². The zero-order chi connectivity index (χ0) is 13.8. The van der Waals surface area contributed by atoms with Gasteiger partial charge in [-0.15, -0.1) is 0 Å². The minimum atomic E-state index is -0.143. The molecule has 1 amide bonds. The second-order valence-electron chi connectivity index (χ2n) is 5.08. The summed E-state index contributed by atoms with van der Waals surface area (Å²) >= 11 is 0. The summed E-state index contributed by atoms with van der Waals surface area (Å²) in [5.41, 5.74) is 0.769. The number of amides is 1. The number of rotatable bonds is 4. The molecule has 0 aliphatic carbocycles. The maximum atomic E-state index is 12.2. The number of aromatic hydroxyl groups is 1. The highest BCUT2D eigenvalue weighted by Crippen LogP contribution is 2.28. The molecule has 0 spiro atoms. The summed E-state index contributed by atoms with van der Waals surface area (Å²) in [5, 5.41) is 9.83.